The molecule has 0 heterocycles. The third kappa shape index (κ3) is 2.99. The van der Waals surface area contributed by atoms with Crippen molar-refractivity contribution in [2.45, 2.75) is 26.8 Å². The van der Waals surface area contributed by atoms with E-state index in [4.69, 9.17) is 5.73 Å². The molecule has 0 spiro atoms. The molecule has 1 atom stereocenters. The Balaban J connectivity index is 2.19. The number of amides is 1. The SMILES string of the molecule is Cc1cc(C)c(C(=O)NC(C)c2ccccc2)cc1N. The molecule has 3 N–H and O–H groups in total. The van der Waals surface area contributed by atoms with Gasteiger partial charge in [-0.05, 0) is 43.5 Å². The van der Waals surface area contributed by atoms with E-state index in [-0.39, 0.29) is 11.9 Å². The summed E-state index contributed by atoms with van der Waals surface area (Å²) in [5.41, 5.74) is 10.2. The van der Waals surface area contributed by atoms with Crippen molar-refractivity contribution in [2.75, 3.05) is 5.73 Å². The lowest BCUT2D eigenvalue weighted by Gasteiger charge is -2.16. The van der Waals surface area contributed by atoms with Crippen molar-refractivity contribution >= 4 is 11.6 Å². The standard InChI is InChI=1S/C17H20N2O/c1-11-9-12(2)16(18)10-15(11)17(20)19-13(3)14-7-5-4-6-8-14/h4-10,13H,18H2,1-3H3,(H,19,20). The number of anilines is 1. The summed E-state index contributed by atoms with van der Waals surface area (Å²) in [6.07, 6.45) is 0. The van der Waals surface area contributed by atoms with Crippen LogP contribution in [0.3, 0.4) is 0 Å². The second-order valence-electron chi connectivity index (χ2n) is 5.13. The lowest BCUT2D eigenvalue weighted by Crippen LogP contribution is -2.27. The molecule has 0 fully saturated rings. The average molecular weight is 268 g/mol. The summed E-state index contributed by atoms with van der Waals surface area (Å²) < 4.78 is 0. The van der Waals surface area contributed by atoms with Crippen LogP contribution in [0.2, 0.25) is 0 Å². The molecule has 0 bridgehead atoms. The molecule has 0 aliphatic rings. The lowest BCUT2D eigenvalue weighted by molar-refractivity contribution is 0.0939. The molecule has 0 saturated heterocycles. The molecular weight excluding hydrogens is 248 g/mol. The summed E-state index contributed by atoms with van der Waals surface area (Å²) in [5, 5.41) is 3.01. The Kier molecular flexibility index (Phi) is 4.08. The highest BCUT2D eigenvalue weighted by Gasteiger charge is 2.14. The highest BCUT2D eigenvalue weighted by atomic mass is 16.1. The molecular formula is C17H20N2O. The Labute approximate surface area is 119 Å². The predicted octanol–water partition coefficient (Wildman–Crippen LogP) is 3.38. The van der Waals surface area contributed by atoms with Crippen LogP contribution >= 0.6 is 0 Å². The van der Waals surface area contributed by atoms with Crippen molar-refractivity contribution in [3.05, 3.63) is 64.7 Å². The van der Waals surface area contributed by atoms with Crippen molar-refractivity contribution < 1.29 is 4.79 Å². The normalized spacial score (nSPS) is 11.9. The molecule has 104 valence electrons. The second-order valence-corrected chi connectivity index (χ2v) is 5.13. The molecule has 0 aliphatic heterocycles. The van der Waals surface area contributed by atoms with Gasteiger partial charge in [-0.3, -0.25) is 4.79 Å². The van der Waals surface area contributed by atoms with E-state index in [2.05, 4.69) is 5.32 Å². The van der Waals surface area contributed by atoms with Gasteiger partial charge in [0, 0.05) is 11.3 Å². The molecule has 2 aromatic rings. The summed E-state index contributed by atoms with van der Waals surface area (Å²) in [7, 11) is 0. The van der Waals surface area contributed by atoms with E-state index >= 15 is 0 Å². The fraction of sp³-hybridized carbons (Fsp3) is 0.235. The molecule has 0 radical (unpaired) electrons. The number of rotatable bonds is 3. The molecule has 0 saturated carbocycles. The third-order valence-corrected chi connectivity index (χ3v) is 3.50. The first-order valence-corrected chi connectivity index (χ1v) is 6.71. The minimum Gasteiger partial charge on any atom is -0.398 e. The zero-order chi connectivity index (χ0) is 14.7. The first-order valence-electron chi connectivity index (χ1n) is 6.71. The first kappa shape index (κ1) is 14.1. The van der Waals surface area contributed by atoms with Gasteiger partial charge in [-0.2, -0.15) is 0 Å². The Bertz CT molecular complexity index is 620. The van der Waals surface area contributed by atoms with E-state index < -0.39 is 0 Å². The zero-order valence-corrected chi connectivity index (χ0v) is 12.1. The zero-order valence-electron chi connectivity index (χ0n) is 12.1. The molecule has 1 unspecified atom stereocenters. The fourth-order valence-corrected chi connectivity index (χ4v) is 2.21. The average Bonchev–Trinajstić information content (AvgIpc) is 2.43. The molecule has 1 amide bonds. The van der Waals surface area contributed by atoms with Crippen LogP contribution in [0.25, 0.3) is 0 Å². The number of hydrogen-bond acceptors (Lipinski definition) is 2. The summed E-state index contributed by atoms with van der Waals surface area (Å²) in [5.74, 6) is -0.0921. The van der Waals surface area contributed by atoms with Crippen LogP contribution in [0, 0.1) is 13.8 Å². The smallest absolute Gasteiger partial charge is 0.252 e. The fourth-order valence-electron chi connectivity index (χ4n) is 2.21. The number of aryl methyl sites for hydroxylation is 2. The summed E-state index contributed by atoms with van der Waals surface area (Å²) in [6, 6.07) is 13.5. The van der Waals surface area contributed by atoms with Gasteiger partial charge in [-0.1, -0.05) is 36.4 Å². The molecule has 3 heteroatoms. The van der Waals surface area contributed by atoms with E-state index in [0.29, 0.717) is 11.3 Å². The Morgan fingerprint density at radius 1 is 1.10 bits per heavy atom. The highest BCUT2D eigenvalue weighted by molar-refractivity contribution is 5.97. The second kappa shape index (κ2) is 5.78. The molecule has 2 rings (SSSR count). The maximum Gasteiger partial charge on any atom is 0.252 e. The van der Waals surface area contributed by atoms with E-state index in [0.717, 1.165) is 16.7 Å². The van der Waals surface area contributed by atoms with Gasteiger partial charge < -0.3 is 11.1 Å². The number of nitrogen functional groups attached to an aromatic ring is 1. The van der Waals surface area contributed by atoms with Crippen molar-refractivity contribution in [3.63, 3.8) is 0 Å². The molecule has 20 heavy (non-hydrogen) atoms. The van der Waals surface area contributed by atoms with Crippen LogP contribution in [-0.2, 0) is 0 Å². The van der Waals surface area contributed by atoms with Crippen LogP contribution in [0.15, 0.2) is 42.5 Å². The Hall–Kier alpha value is -2.29. The maximum absolute atomic E-state index is 12.3. The van der Waals surface area contributed by atoms with Gasteiger partial charge in [0.25, 0.3) is 5.91 Å². The number of hydrogen-bond donors (Lipinski definition) is 2. The first-order chi connectivity index (χ1) is 9.49. The minimum absolute atomic E-state index is 0.0365. The van der Waals surface area contributed by atoms with Gasteiger partial charge in [-0.25, -0.2) is 0 Å². The van der Waals surface area contributed by atoms with Crippen LogP contribution in [0.4, 0.5) is 5.69 Å². The predicted molar refractivity (Wildman–Crippen MR) is 82.7 cm³/mol. The Morgan fingerprint density at radius 3 is 2.40 bits per heavy atom. The number of nitrogens with two attached hydrogens (primary N) is 1. The van der Waals surface area contributed by atoms with Gasteiger partial charge in [0.2, 0.25) is 0 Å². The molecule has 0 aromatic heterocycles. The number of benzene rings is 2. The van der Waals surface area contributed by atoms with Crippen molar-refractivity contribution in [3.8, 4) is 0 Å². The van der Waals surface area contributed by atoms with Crippen LogP contribution < -0.4 is 11.1 Å². The summed E-state index contributed by atoms with van der Waals surface area (Å²) in [6.45, 7) is 5.84. The highest BCUT2D eigenvalue weighted by Crippen LogP contribution is 2.19. The molecule has 0 aliphatic carbocycles. The maximum atomic E-state index is 12.3. The van der Waals surface area contributed by atoms with Crippen molar-refractivity contribution in [1.82, 2.24) is 5.32 Å². The number of carbonyl (C=O) groups excluding carboxylic acids is 1. The van der Waals surface area contributed by atoms with E-state index in [1.54, 1.807) is 6.07 Å². The van der Waals surface area contributed by atoms with Crippen LogP contribution in [-0.4, -0.2) is 5.91 Å². The number of carbonyl (C=O) groups is 1. The Morgan fingerprint density at radius 2 is 1.75 bits per heavy atom. The number of nitrogens with one attached hydrogen (secondary N) is 1. The quantitative estimate of drug-likeness (QED) is 0.838. The van der Waals surface area contributed by atoms with Gasteiger partial charge in [-0.15, -0.1) is 0 Å². The lowest BCUT2D eigenvalue weighted by atomic mass is 10.0. The summed E-state index contributed by atoms with van der Waals surface area (Å²) in [4.78, 5) is 12.3. The van der Waals surface area contributed by atoms with Gasteiger partial charge in [0.15, 0.2) is 0 Å². The van der Waals surface area contributed by atoms with Crippen LogP contribution in [0.1, 0.15) is 40.0 Å². The van der Waals surface area contributed by atoms with Gasteiger partial charge in [0.05, 0.1) is 6.04 Å². The van der Waals surface area contributed by atoms with Crippen molar-refractivity contribution in [1.29, 1.82) is 0 Å². The summed E-state index contributed by atoms with van der Waals surface area (Å²) >= 11 is 0. The van der Waals surface area contributed by atoms with Crippen LogP contribution in [0.5, 0.6) is 0 Å². The van der Waals surface area contributed by atoms with Gasteiger partial charge >= 0.3 is 0 Å². The molecule has 2 aromatic carbocycles. The monoisotopic (exact) mass is 268 g/mol. The molecule has 3 nitrogen and oxygen atoms in total. The third-order valence-electron chi connectivity index (χ3n) is 3.50. The van der Waals surface area contributed by atoms with Gasteiger partial charge in [0.1, 0.15) is 0 Å². The van der Waals surface area contributed by atoms with E-state index in [9.17, 15) is 4.79 Å². The minimum atomic E-state index is -0.0921. The largest absolute Gasteiger partial charge is 0.398 e. The van der Waals surface area contributed by atoms with Crippen molar-refractivity contribution in [2.24, 2.45) is 0 Å². The van der Waals surface area contributed by atoms with E-state index in [1.165, 1.54) is 0 Å². The topological polar surface area (TPSA) is 55.1 Å². The van der Waals surface area contributed by atoms with E-state index in [1.807, 2.05) is 57.2 Å².